The van der Waals surface area contributed by atoms with Gasteiger partial charge in [0, 0.05) is 23.9 Å². The van der Waals surface area contributed by atoms with Crippen molar-refractivity contribution in [1.82, 2.24) is 20.2 Å². The quantitative estimate of drug-likeness (QED) is 0.343. The largest absolute Gasteiger partial charge is 0.495 e. The van der Waals surface area contributed by atoms with Crippen molar-refractivity contribution in [2.45, 2.75) is 43.4 Å². The SMILES string of the molecule is CCC1CNCCC1NC(=O)c1cc(C#CCNc2ccc(S(C)(=O)=O)cc2OC)cc2c1ncn2CC(F)(F)F. The molecule has 1 fully saturated rings. The number of carbonyl (C=O) groups excluding carboxylic acids is 1. The first-order valence-electron chi connectivity index (χ1n) is 13.1. The van der Waals surface area contributed by atoms with Crippen molar-refractivity contribution in [3.63, 3.8) is 0 Å². The van der Waals surface area contributed by atoms with Gasteiger partial charge >= 0.3 is 6.18 Å². The molecule has 3 N–H and O–H groups in total. The van der Waals surface area contributed by atoms with E-state index in [9.17, 15) is 26.4 Å². The van der Waals surface area contributed by atoms with Crippen LogP contribution in [0.4, 0.5) is 18.9 Å². The summed E-state index contributed by atoms with van der Waals surface area (Å²) < 4.78 is 69.6. The molecule has 1 aliphatic rings. The molecule has 13 heteroatoms. The summed E-state index contributed by atoms with van der Waals surface area (Å²) in [5.74, 6) is 5.97. The average Bonchev–Trinajstić information content (AvgIpc) is 3.31. The maximum absolute atomic E-state index is 13.4. The first kappa shape index (κ1) is 30.2. The normalized spacial score (nSPS) is 17.5. The van der Waals surface area contributed by atoms with Crippen LogP contribution < -0.4 is 20.7 Å². The first-order chi connectivity index (χ1) is 19.4. The van der Waals surface area contributed by atoms with E-state index in [-0.39, 0.29) is 40.0 Å². The van der Waals surface area contributed by atoms with Crippen molar-refractivity contribution in [3.05, 3.63) is 47.8 Å². The number of nitrogens with one attached hydrogen (secondary N) is 3. The molecule has 0 bridgehead atoms. The lowest BCUT2D eigenvalue weighted by Crippen LogP contribution is -2.49. The Labute approximate surface area is 236 Å². The number of benzene rings is 2. The topological polar surface area (TPSA) is 114 Å². The molecule has 220 valence electrons. The molecule has 3 aromatic rings. The molecule has 4 rings (SSSR count). The summed E-state index contributed by atoms with van der Waals surface area (Å²) in [6.07, 6.45) is -0.680. The zero-order chi connectivity index (χ0) is 29.8. The third-order valence-corrected chi connectivity index (χ3v) is 8.08. The van der Waals surface area contributed by atoms with Gasteiger partial charge in [-0.1, -0.05) is 25.2 Å². The van der Waals surface area contributed by atoms with Crippen molar-refractivity contribution in [2.75, 3.05) is 38.3 Å². The van der Waals surface area contributed by atoms with Crippen molar-refractivity contribution < 1.29 is 31.1 Å². The number of carbonyl (C=O) groups is 1. The number of hydrogen-bond acceptors (Lipinski definition) is 7. The molecule has 9 nitrogen and oxygen atoms in total. The summed E-state index contributed by atoms with van der Waals surface area (Å²) in [5, 5.41) is 9.42. The van der Waals surface area contributed by atoms with Crippen molar-refractivity contribution >= 4 is 32.5 Å². The lowest BCUT2D eigenvalue weighted by molar-refractivity contribution is -0.139. The summed E-state index contributed by atoms with van der Waals surface area (Å²) in [6, 6.07) is 7.37. The highest BCUT2D eigenvalue weighted by atomic mass is 32.2. The molecule has 0 aliphatic carbocycles. The number of nitrogens with zero attached hydrogens (tertiary/aromatic N) is 2. The maximum atomic E-state index is 13.4. The summed E-state index contributed by atoms with van der Waals surface area (Å²) >= 11 is 0. The number of anilines is 1. The van der Waals surface area contributed by atoms with Crippen LogP contribution in [0.25, 0.3) is 11.0 Å². The summed E-state index contributed by atoms with van der Waals surface area (Å²) in [7, 11) is -2.00. The van der Waals surface area contributed by atoms with E-state index in [1.54, 1.807) is 12.1 Å². The van der Waals surface area contributed by atoms with Crippen LogP contribution in [0, 0.1) is 17.8 Å². The van der Waals surface area contributed by atoms with Crippen molar-refractivity contribution in [1.29, 1.82) is 0 Å². The molecule has 2 atom stereocenters. The predicted molar refractivity (Wildman–Crippen MR) is 150 cm³/mol. The molecule has 1 aliphatic heterocycles. The van der Waals surface area contributed by atoms with Crippen molar-refractivity contribution in [2.24, 2.45) is 5.92 Å². The molecule has 0 spiro atoms. The predicted octanol–water partition coefficient (Wildman–Crippen LogP) is 3.59. The number of fused-ring (bicyclic) bond motifs is 1. The Morgan fingerprint density at radius 3 is 2.73 bits per heavy atom. The van der Waals surface area contributed by atoms with Crippen LogP contribution >= 0.6 is 0 Å². The van der Waals surface area contributed by atoms with Gasteiger partial charge in [0.2, 0.25) is 0 Å². The Morgan fingerprint density at radius 1 is 1.27 bits per heavy atom. The van der Waals surface area contributed by atoms with Crippen molar-refractivity contribution in [3.8, 4) is 17.6 Å². The van der Waals surface area contributed by atoms with Crippen LogP contribution in [0.2, 0.25) is 0 Å². The zero-order valence-electron chi connectivity index (χ0n) is 22.9. The fourth-order valence-corrected chi connectivity index (χ4v) is 5.49. The van der Waals surface area contributed by atoms with Gasteiger partial charge in [0.25, 0.3) is 5.91 Å². The Kier molecular flexibility index (Phi) is 9.14. The lowest BCUT2D eigenvalue weighted by Gasteiger charge is -2.32. The van der Waals surface area contributed by atoms with Crippen LogP contribution in [0.3, 0.4) is 0 Å². The second-order valence-electron chi connectivity index (χ2n) is 9.91. The smallest absolute Gasteiger partial charge is 0.406 e. The molecule has 2 unspecified atom stereocenters. The molecular formula is C28H32F3N5O4S. The second-order valence-corrected chi connectivity index (χ2v) is 11.9. The minimum absolute atomic E-state index is 0.0657. The Morgan fingerprint density at radius 2 is 2.05 bits per heavy atom. The number of amides is 1. The van der Waals surface area contributed by atoms with E-state index in [0.29, 0.717) is 17.0 Å². The van der Waals surface area contributed by atoms with E-state index in [2.05, 4.69) is 32.8 Å². The highest BCUT2D eigenvalue weighted by molar-refractivity contribution is 7.90. The van der Waals surface area contributed by atoms with Crippen LogP contribution in [-0.4, -0.2) is 69.1 Å². The zero-order valence-corrected chi connectivity index (χ0v) is 23.7. The van der Waals surface area contributed by atoms with Gasteiger partial charge in [0.15, 0.2) is 9.84 Å². The molecule has 0 saturated carbocycles. The Balaban J connectivity index is 1.62. The molecule has 2 heterocycles. The summed E-state index contributed by atoms with van der Waals surface area (Å²) in [5.41, 5.74) is 1.35. The number of ether oxygens (including phenoxy) is 1. The average molecular weight is 592 g/mol. The third-order valence-electron chi connectivity index (χ3n) is 6.97. The van der Waals surface area contributed by atoms with E-state index in [1.807, 2.05) is 6.92 Å². The van der Waals surface area contributed by atoms with E-state index < -0.39 is 28.5 Å². The molecule has 1 amide bonds. The number of piperidine rings is 1. The molecule has 1 aromatic heterocycles. The van der Waals surface area contributed by atoms with Gasteiger partial charge in [-0.25, -0.2) is 13.4 Å². The fraction of sp³-hybridized carbons (Fsp3) is 0.429. The highest BCUT2D eigenvalue weighted by Gasteiger charge is 2.30. The number of sulfone groups is 1. The van der Waals surface area contributed by atoms with Crippen LogP contribution in [-0.2, 0) is 16.4 Å². The number of hydrogen-bond donors (Lipinski definition) is 3. The monoisotopic (exact) mass is 591 g/mol. The molecular weight excluding hydrogens is 559 g/mol. The number of halogens is 3. The minimum atomic E-state index is -4.48. The van der Waals surface area contributed by atoms with E-state index in [1.165, 1.54) is 25.3 Å². The number of rotatable bonds is 8. The van der Waals surface area contributed by atoms with Gasteiger partial charge in [0.05, 0.1) is 41.6 Å². The number of imidazole rings is 1. The molecule has 2 aromatic carbocycles. The lowest BCUT2D eigenvalue weighted by atomic mass is 9.91. The molecule has 1 saturated heterocycles. The Bertz CT molecular complexity index is 1590. The van der Waals surface area contributed by atoms with Crippen LogP contribution in [0.5, 0.6) is 5.75 Å². The number of methoxy groups -OCH3 is 1. The van der Waals surface area contributed by atoms with Gasteiger partial charge in [-0.2, -0.15) is 13.2 Å². The number of aromatic nitrogens is 2. The highest BCUT2D eigenvalue weighted by Crippen LogP contribution is 2.28. The fourth-order valence-electron chi connectivity index (χ4n) is 4.85. The van der Waals surface area contributed by atoms with Gasteiger partial charge in [-0.15, -0.1) is 0 Å². The Hall–Kier alpha value is -3.76. The van der Waals surface area contributed by atoms with Gasteiger partial charge in [0.1, 0.15) is 17.8 Å². The first-order valence-corrected chi connectivity index (χ1v) is 15.0. The van der Waals surface area contributed by atoms with Crippen LogP contribution in [0.1, 0.15) is 35.7 Å². The van der Waals surface area contributed by atoms with E-state index in [0.717, 1.165) is 43.1 Å². The van der Waals surface area contributed by atoms with Crippen LogP contribution in [0.15, 0.2) is 41.6 Å². The summed E-state index contributed by atoms with van der Waals surface area (Å²) in [6.45, 7) is 2.45. The van der Waals surface area contributed by atoms with Gasteiger partial charge in [-0.3, -0.25) is 4.79 Å². The standard InChI is InChI=1S/C28H32F3N5O4S/c1-4-19-15-32-11-9-22(19)35-27(37)21-12-18(13-24-26(21)34-17-36(24)16-28(29,30)31)6-5-10-33-23-8-7-20(41(3,38)39)14-25(23)40-2/h7-8,12-14,17,19,22,32-33H,4,9-11,15-16H2,1-3H3,(H,35,37). The van der Waals surface area contributed by atoms with Gasteiger partial charge < -0.3 is 25.3 Å². The third kappa shape index (κ3) is 7.51. The molecule has 0 radical (unpaired) electrons. The minimum Gasteiger partial charge on any atom is -0.495 e. The van der Waals surface area contributed by atoms with E-state index >= 15 is 0 Å². The number of alkyl halides is 3. The van der Waals surface area contributed by atoms with E-state index in [4.69, 9.17) is 4.74 Å². The molecule has 41 heavy (non-hydrogen) atoms. The second kappa shape index (κ2) is 12.4. The summed E-state index contributed by atoms with van der Waals surface area (Å²) in [4.78, 5) is 17.7. The van der Waals surface area contributed by atoms with Gasteiger partial charge in [-0.05, 0) is 49.7 Å². The maximum Gasteiger partial charge on any atom is 0.406 e.